The Morgan fingerprint density at radius 2 is 1.75 bits per heavy atom. The topological polar surface area (TPSA) is 27.7 Å². The summed E-state index contributed by atoms with van der Waals surface area (Å²) in [6, 6.07) is 1.40. The Kier molecular flexibility index (Phi) is 6.75. The summed E-state index contributed by atoms with van der Waals surface area (Å²) in [4.78, 5) is 5.07. The predicted octanol–water partition coefficient (Wildman–Crippen LogP) is 1.42. The van der Waals surface area contributed by atoms with Crippen LogP contribution in [0.25, 0.3) is 0 Å². The van der Waals surface area contributed by atoms with Crippen molar-refractivity contribution in [3.63, 3.8) is 0 Å². The van der Waals surface area contributed by atoms with Crippen LogP contribution < -0.4 is 5.32 Å². The van der Waals surface area contributed by atoms with Gasteiger partial charge in [-0.25, -0.2) is 0 Å². The highest BCUT2D eigenvalue weighted by Gasteiger charge is 2.23. The lowest BCUT2D eigenvalue weighted by Gasteiger charge is -2.37. The Bertz CT molecular complexity index is 258. The number of piperidine rings is 1. The van der Waals surface area contributed by atoms with E-state index >= 15 is 0 Å². The third-order valence-corrected chi connectivity index (χ3v) is 4.67. The van der Waals surface area contributed by atoms with Gasteiger partial charge in [-0.3, -0.25) is 4.90 Å². The van der Waals surface area contributed by atoms with Crippen LogP contribution in [0, 0.1) is 5.92 Å². The Hall–Kier alpha value is -0.160. The Labute approximate surface area is 124 Å². The molecule has 4 heteroatoms. The van der Waals surface area contributed by atoms with Gasteiger partial charge in [0.25, 0.3) is 0 Å². The SMILES string of the molecule is CC(C)CC(CNC1CCN(C)CC1)N1CCOCC1. The second-order valence-corrected chi connectivity index (χ2v) is 6.92. The summed E-state index contributed by atoms with van der Waals surface area (Å²) in [6.45, 7) is 12.3. The molecule has 2 fully saturated rings. The van der Waals surface area contributed by atoms with Crippen molar-refractivity contribution >= 4 is 0 Å². The highest BCUT2D eigenvalue weighted by atomic mass is 16.5. The molecule has 0 bridgehead atoms. The quantitative estimate of drug-likeness (QED) is 0.798. The van der Waals surface area contributed by atoms with Crippen molar-refractivity contribution < 1.29 is 4.74 Å². The van der Waals surface area contributed by atoms with Gasteiger partial charge in [0.1, 0.15) is 0 Å². The summed E-state index contributed by atoms with van der Waals surface area (Å²) < 4.78 is 5.49. The Morgan fingerprint density at radius 3 is 2.35 bits per heavy atom. The van der Waals surface area contributed by atoms with Crippen LogP contribution in [0.4, 0.5) is 0 Å². The second kappa shape index (κ2) is 8.32. The molecule has 118 valence electrons. The van der Waals surface area contributed by atoms with Gasteiger partial charge in [-0.05, 0) is 45.3 Å². The number of nitrogens with one attached hydrogen (secondary N) is 1. The van der Waals surface area contributed by atoms with Crippen LogP contribution in [0.3, 0.4) is 0 Å². The van der Waals surface area contributed by atoms with Crippen LogP contribution in [0.15, 0.2) is 0 Å². The molecule has 2 rings (SSSR count). The van der Waals surface area contributed by atoms with E-state index in [-0.39, 0.29) is 0 Å². The molecular formula is C16H33N3O. The van der Waals surface area contributed by atoms with Crippen molar-refractivity contribution in [1.29, 1.82) is 0 Å². The molecule has 1 unspecified atom stereocenters. The number of morpholine rings is 1. The van der Waals surface area contributed by atoms with Crippen molar-refractivity contribution in [1.82, 2.24) is 15.1 Å². The fraction of sp³-hybridized carbons (Fsp3) is 1.00. The average molecular weight is 283 g/mol. The van der Waals surface area contributed by atoms with Crippen LogP contribution in [-0.2, 0) is 4.74 Å². The minimum Gasteiger partial charge on any atom is -0.379 e. The molecular weight excluding hydrogens is 250 g/mol. The summed E-state index contributed by atoms with van der Waals surface area (Å²) >= 11 is 0. The second-order valence-electron chi connectivity index (χ2n) is 6.92. The van der Waals surface area contributed by atoms with Crippen molar-refractivity contribution in [2.75, 3.05) is 53.0 Å². The molecule has 2 aliphatic rings. The summed E-state index contributed by atoms with van der Waals surface area (Å²) in [5.74, 6) is 0.766. The molecule has 0 radical (unpaired) electrons. The molecule has 20 heavy (non-hydrogen) atoms. The Morgan fingerprint density at radius 1 is 1.10 bits per heavy atom. The lowest BCUT2D eigenvalue weighted by molar-refractivity contribution is 0.0114. The largest absolute Gasteiger partial charge is 0.379 e. The van der Waals surface area contributed by atoms with Crippen LogP contribution in [0.5, 0.6) is 0 Å². The number of nitrogens with zero attached hydrogens (tertiary/aromatic N) is 2. The van der Waals surface area contributed by atoms with Gasteiger partial charge in [0, 0.05) is 31.7 Å². The van der Waals surface area contributed by atoms with Gasteiger partial charge in [0.05, 0.1) is 13.2 Å². The van der Waals surface area contributed by atoms with E-state index in [1.54, 1.807) is 0 Å². The maximum absolute atomic E-state index is 5.49. The zero-order valence-corrected chi connectivity index (χ0v) is 13.6. The van der Waals surface area contributed by atoms with Gasteiger partial charge >= 0.3 is 0 Å². The van der Waals surface area contributed by atoms with E-state index in [4.69, 9.17) is 4.74 Å². The third kappa shape index (κ3) is 5.32. The summed E-state index contributed by atoms with van der Waals surface area (Å²) in [6.07, 6.45) is 3.89. The molecule has 2 aliphatic heterocycles. The first-order valence-corrected chi connectivity index (χ1v) is 8.39. The van der Waals surface area contributed by atoms with E-state index in [0.29, 0.717) is 6.04 Å². The van der Waals surface area contributed by atoms with Crippen LogP contribution in [-0.4, -0.2) is 74.9 Å². The Balaban J connectivity index is 1.77. The molecule has 2 heterocycles. The number of likely N-dealkylation sites (tertiary alicyclic amines) is 1. The normalized spacial score (nSPS) is 25.2. The van der Waals surface area contributed by atoms with E-state index in [9.17, 15) is 0 Å². The summed E-state index contributed by atoms with van der Waals surface area (Å²) in [7, 11) is 2.23. The smallest absolute Gasteiger partial charge is 0.0594 e. The van der Waals surface area contributed by atoms with Gasteiger partial charge in [0.15, 0.2) is 0 Å². The molecule has 0 aliphatic carbocycles. The van der Waals surface area contributed by atoms with Gasteiger partial charge in [-0.15, -0.1) is 0 Å². The van der Waals surface area contributed by atoms with Gasteiger partial charge in [-0.2, -0.15) is 0 Å². The van der Waals surface area contributed by atoms with Gasteiger partial charge in [-0.1, -0.05) is 13.8 Å². The molecule has 4 nitrogen and oxygen atoms in total. The molecule has 0 saturated carbocycles. The maximum Gasteiger partial charge on any atom is 0.0594 e. The minimum absolute atomic E-state index is 0.679. The van der Waals surface area contributed by atoms with E-state index in [0.717, 1.165) is 44.8 Å². The third-order valence-electron chi connectivity index (χ3n) is 4.67. The highest BCUT2D eigenvalue weighted by Crippen LogP contribution is 2.14. The average Bonchev–Trinajstić information content (AvgIpc) is 2.46. The first kappa shape index (κ1) is 16.2. The number of ether oxygens (including phenoxy) is 1. The first-order valence-electron chi connectivity index (χ1n) is 8.39. The van der Waals surface area contributed by atoms with Gasteiger partial charge in [0.2, 0.25) is 0 Å². The zero-order chi connectivity index (χ0) is 14.4. The van der Waals surface area contributed by atoms with E-state index in [1.165, 1.54) is 32.4 Å². The molecule has 0 spiro atoms. The summed E-state index contributed by atoms with van der Waals surface area (Å²) in [5, 5.41) is 3.84. The molecule has 1 atom stereocenters. The lowest BCUT2D eigenvalue weighted by atomic mass is 10.00. The molecule has 0 aromatic rings. The van der Waals surface area contributed by atoms with Crippen molar-refractivity contribution in [3.05, 3.63) is 0 Å². The van der Waals surface area contributed by atoms with Crippen molar-refractivity contribution in [3.8, 4) is 0 Å². The van der Waals surface area contributed by atoms with Crippen LogP contribution in [0.1, 0.15) is 33.1 Å². The first-order chi connectivity index (χ1) is 9.65. The summed E-state index contributed by atoms with van der Waals surface area (Å²) in [5.41, 5.74) is 0. The fourth-order valence-corrected chi connectivity index (χ4v) is 3.36. The fourth-order valence-electron chi connectivity index (χ4n) is 3.36. The molecule has 0 amide bonds. The standard InChI is InChI=1S/C16H33N3O/c1-14(2)12-16(19-8-10-20-11-9-19)13-17-15-4-6-18(3)7-5-15/h14-17H,4-13H2,1-3H3. The zero-order valence-electron chi connectivity index (χ0n) is 13.6. The molecule has 2 saturated heterocycles. The number of hydrogen-bond donors (Lipinski definition) is 1. The monoisotopic (exact) mass is 283 g/mol. The number of rotatable bonds is 6. The predicted molar refractivity (Wildman–Crippen MR) is 84.2 cm³/mol. The van der Waals surface area contributed by atoms with Crippen molar-refractivity contribution in [2.24, 2.45) is 5.92 Å². The van der Waals surface area contributed by atoms with Crippen molar-refractivity contribution in [2.45, 2.75) is 45.2 Å². The number of hydrogen-bond acceptors (Lipinski definition) is 4. The van der Waals surface area contributed by atoms with Crippen LogP contribution in [0.2, 0.25) is 0 Å². The molecule has 0 aromatic carbocycles. The highest BCUT2D eigenvalue weighted by molar-refractivity contribution is 4.81. The van der Waals surface area contributed by atoms with Crippen LogP contribution >= 0.6 is 0 Å². The maximum atomic E-state index is 5.49. The molecule has 0 aromatic heterocycles. The van der Waals surface area contributed by atoms with Gasteiger partial charge < -0.3 is 15.0 Å². The van der Waals surface area contributed by atoms with E-state index < -0.39 is 0 Å². The van der Waals surface area contributed by atoms with E-state index in [1.807, 2.05) is 0 Å². The molecule has 1 N–H and O–H groups in total. The van der Waals surface area contributed by atoms with E-state index in [2.05, 4.69) is 36.0 Å². The minimum atomic E-state index is 0.679. The lowest BCUT2D eigenvalue weighted by Crippen LogP contribution is -2.51.